The molecule has 3 amide bonds. The average molecular weight is 298 g/mol. The van der Waals surface area contributed by atoms with Gasteiger partial charge in [0.05, 0.1) is 6.61 Å². The molecule has 0 spiro atoms. The van der Waals surface area contributed by atoms with Crippen molar-refractivity contribution in [1.29, 1.82) is 0 Å². The molecule has 21 heavy (non-hydrogen) atoms. The second-order valence-corrected chi connectivity index (χ2v) is 5.38. The van der Waals surface area contributed by atoms with Gasteiger partial charge in [-0.3, -0.25) is 0 Å². The van der Waals surface area contributed by atoms with Gasteiger partial charge in [0, 0.05) is 52.4 Å². The van der Waals surface area contributed by atoms with Crippen LogP contribution in [0.4, 0.5) is 9.59 Å². The average Bonchev–Trinajstić information content (AvgIpc) is 2.54. The Hall–Kier alpha value is -1.50. The highest BCUT2D eigenvalue weighted by Crippen LogP contribution is 2.09. The number of nitrogens with zero attached hydrogens (tertiary/aromatic N) is 4. The van der Waals surface area contributed by atoms with Crippen LogP contribution in [0.3, 0.4) is 0 Å². The molecule has 0 bridgehead atoms. The maximum absolute atomic E-state index is 12.4. The largest absolute Gasteiger partial charge is 0.450 e. The first-order valence-electron chi connectivity index (χ1n) is 7.83. The van der Waals surface area contributed by atoms with E-state index in [1.807, 2.05) is 9.80 Å². The minimum absolute atomic E-state index is 0.106. The Bertz CT molecular complexity index is 361. The third-order valence-corrected chi connectivity index (χ3v) is 4.17. The summed E-state index contributed by atoms with van der Waals surface area (Å²) in [6, 6.07) is 0.106. The minimum atomic E-state index is -0.277. The first-order valence-corrected chi connectivity index (χ1v) is 7.83. The summed E-state index contributed by atoms with van der Waals surface area (Å²) in [5.41, 5.74) is 0. The lowest BCUT2D eigenvalue weighted by Crippen LogP contribution is -2.57. The van der Waals surface area contributed by atoms with Gasteiger partial charge in [-0.1, -0.05) is 6.92 Å². The summed E-state index contributed by atoms with van der Waals surface area (Å²) in [6.45, 7) is 11.2. The molecule has 0 N–H and O–H groups in total. The normalized spacial score (nSPS) is 20.6. The lowest BCUT2D eigenvalue weighted by atomic mass is 10.3. The van der Waals surface area contributed by atoms with Gasteiger partial charge in [-0.15, -0.1) is 0 Å². The number of hydrogen-bond donors (Lipinski definition) is 0. The van der Waals surface area contributed by atoms with Crippen LogP contribution in [0.15, 0.2) is 0 Å². The molecule has 2 aliphatic rings. The summed E-state index contributed by atoms with van der Waals surface area (Å²) in [4.78, 5) is 31.9. The van der Waals surface area contributed by atoms with Crippen molar-refractivity contribution in [1.82, 2.24) is 19.6 Å². The highest BCUT2D eigenvalue weighted by atomic mass is 16.6. The Labute approximate surface area is 126 Å². The lowest BCUT2D eigenvalue weighted by molar-refractivity contribution is 0.0722. The van der Waals surface area contributed by atoms with Crippen molar-refractivity contribution >= 4 is 12.1 Å². The fourth-order valence-corrected chi connectivity index (χ4v) is 2.75. The Kier molecular flexibility index (Phi) is 5.67. The maximum atomic E-state index is 12.4. The number of carbonyl (C=O) groups excluding carboxylic acids is 2. The molecule has 2 saturated heterocycles. The fourth-order valence-electron chi connectivity index (χ4n) is 2.75. The molecule has 0 atom stereocenters. The van der Waals surface area contributed by atoms with Crippen molar-refractivity contribution in [3.8, 4) is 0 Å². The van der Waals surface area contributed by atoms with Crippen molar-refractivity contribution < 1.29 is 14.3 Å². The van der Waals surface area contributed by atoms with Crippen molar-refractivity contribution in [3.05, 3.63) is 0 Å². The van der Waals surface area contributed by atoms with E-state index in [-0.39, 0.29) is 12.1 Å². The van der Waals surface area contributed by atoms with Crippen LogP contribution in [0.1, 0.15) is 13.8 Å². The van der Waals surface area contributed by atoms with Crippen molar-refractivity contribution in [2.24, 2.45) is 0 Å². The molecule has 7 heteroatoms. The third-order valence-electron chi connectivity index (χ3n) is 4.17. The first-order chi connectivity index (χ1) is 10.2. The van der Waals surface area contributed by atoms with E-state index in [2.05, 4.69) is 11.8 Å². The molecule has 2 fully saturated rings. The van der Waals surface area contributed by atoms with Crippen molar-refractivity contribution in [2.45, 2.75) is 13.8 Å². The first kappa shape index (κ1) is 15.9. The zero-order valence-corrected chi connectivity index (χ0v) is 13.1. The van der Waals surface area contributed by atoms with Crippen molar-refractivity contribution in [2.75, 3.05) is 65.5 Å². The van der Waals surface area contributed by atoms with Crippen LogP contribution < -0.4 is 0 Å². The molecule has 0 aromatic carbocycles. The monoisotopic (exact) mass is 298 g/mol. The summed E-state index contributed by atoms with van der Waals surface area (Å²) >= 11 is 0. The van der Waals surface area contributed by atoms with Gasteiger partial charge in [-0.25, -0.2) is 9.59 Å². The van der Waals surface area contributed by atoms with Gasteiger partial charge >= 0.3 is 12.1 Å². The number of likely N-dealkylation sites (N-methyl/N-ethyl adjacent to an activating group) is 1. The topological polar surface area (TPSA) is 56.3 Å². The Balaban J connectivity index is 1.77. The van der Waals surface area contributed by atoms with E-state index < -0.39 is 0 Å². The van der Waals surface area contributed by atoms with Gasteiger partial charge in [-0.05, 0) is 13.5 Å². The summed E-state index contributed by atoms with van der Waals surface area (Å²) in [5, 5.41) is 0. The van der Waals surface area contributed by atoms with Crippen LogP contribution in [-0.2, 0) is 4.74 Å². The molecule has 2 rings (SSSR count). The summed E-state index contributed by atoms with van der Waals surface area (Å²) in [5.74, 6) is 0. The molecular formula is C14H26N4O3. The molecular weight excluding hydrogens is 272 g/mol. The third kappa shape index (κ3) is 4.00. The number of piperazine rings is 2. The van der Waals surface area contributed by atoms with E-state index >= 15 is 0 Å². The molecule has 0 aliphatic carbocycles. The van der Waals surface area contributed by atoms with E-state index in [1.165, 1.54) is 0 Å². The van der Waals surface area contributed by atoms with Gasteiger partial charge in [0.1, 0.15) is 0 Å². The van der Waals surface area contributed by atoms with Crippen LogP contribution >= 0.6 is 0 Å². The Morgan fingerprint density at radius 2 is 1.29 bits per heavy atom. The molecule has 0 saturated carbocycles. The predicted octanol–water partition coefficient (Wildman–Crippen LogP) is 0.518. The number of hydrogen-bond acceptors (Lipinski definition) is 4. The zero-order chi connectivity index (χ0) is 15.2. The van der Waals surface area contributed by atoms with E-state index in [4.69, 9.17) is 4.74 Å². The minimum Gasteiger partial charge on any atom is -0.450 e. The van der Waals surface area contributed by atoms with Crippen LogP contribution in [-0.4, -0.2) is 97.2 Å². The van der Waals surface area contributed by atoms with Gasteiger partial charge in [0.15, 0.2) is 0 Å². The van der Waals surface area contributed by atoms with Gasteiger partial charge in [-0.2, -0.15) is 0 Å². The van der Waals surface area contributed by atoms with E-state index in [1.54, 1.807) is 11.8 Å². The highest BCUT2D eigenvalue weighted by Gasteiger charge is 2.29. The number of rotatable bonds is 2. The summed E-state index contributed by atoms with van der Waals surface area (Å²) < 4.78 is 4.99. The number of ether oxygens (including phenoxy) is 1. The molecule has 2 heterocycles. The van der Waals surface area contributed by atoms with Crippen molar-refractivity contribution in [3.63, 3.8) is 0 Å². The molecule has 2 aliphatic heterocycles. The second kappa shape index (κ2) is 7.49. The molecule has 0 unspecified atom stereocenters. The fraction of sp³-hybridized carbons (Fsp3) is 0.857. The van der Waals surface area contributed by atoms with E-state index in [9.17, 15) is 9.59 Å². The lowest BCUT2D eigenvalue weighted by Gasteiger charge is -2.40. The predicted molar refractivity (Wildman–Crippen MR) is 79.3 cm³/mol. The smallest absolute Gasteiger partial charge is 0.409 e. The van der Waals surface area contributed by atoms with Gasteiger partial charge in [0.2, 0.25) is 0 Å². The van der Waals surface area contributed by atoms with E-state index in [0.717, 1.165) is 32.7 Å². The second-order valence-electron chi connectivity index (χ2n) is 5.38. The summed E-state index contributed by atoms with van der Waals surface area (Å²) in [6.07, 6.45) is -0.277. The molecule has 0 aromatic rings. The summed E-state index contributed by atoms with van der Waals surface area (Å²) in [7, 11) is 0. The van der Waals surface area contributed by atoms with Crippen LogP contribution in [0.25, 0.3) is 0 Å². The highest BCUT2D eigenvalue weighted by molar-refractivity contribution is 5.75. The molecule has 0 aromatic heterocycles. The van der Waals surface area contributed by atoms with Gasteiger partial charge < -0.3 is 24.3 Å². The molecule has 120 valence electrons. The van der Waals surface area contributed by atoms with Crippen LogP contribution in [0, 0.1) is 0 Å². The maximum Gasteiger partial charge on any atom is 0.409 e. The SMILES string of the molecule is CCOC(=O)N1CCN(C(=O)N2CCN(CC)CC2)CC1. The molecule has 7 nitrogen and oxygen atoms in total. The number of amides is 3. The standard InChI is InChI=1S/C14H26N4O3/c1-3-15-5-7-16(8-6-15)13(19)17-9-11-18(12-10-17)14(20)21-4-2/h3-12H2,1-2H3. The molecule has 0 radical (unpaired) electrons. The Morgan fingerprint density at radius 1 is 0.810 bits per heavy atom. The Morgan fingerprint density at radius 3 is 1.76 bits per heavy atom. The van der Waals surface area contributed by atoms with Gasteiger partial charge in [0.25, 0.3) is 0 Å². The number of urea groups is 1. The van der Waals surface area contributed by atoms with Crippen LogP contribution in [0.2, 0.25) is 0 Å². The zero-order valence-electron chi connectivity index (χ0n) is 13.1. The quantitative estimate of drug-likeness (QED) is 0.746. The number of carbonyl (C=O) groups is 2. The van der Waals surface area contributed by atoms with E-state index in [0.29, 0.717) is 32.8 Å². The van der Waals surface area contributed by atoms with Crippen LogP contribution in [0.5, 0.6) is 0 Å².